The fraction of sp³-hybridized carbons (Fsp3) is 0.375. The zero-order valence-electron chi connectivity index (χ0n) is 18.2. The summed E-state index contributed by atoms with van der Waals surface area (Å²) in [5.74, 6) is 3.81. The van der Waals surface area contributed by atoms with Gasteiger partial charge in [-0.3, -0.25) is 4.79 Å². The van der Waals surface area contributed by atoms with Gasteiger partial charge >= 0.3 is 0 Å². The van der Waals surface area contributed by atoms with Crippen LogP contribution in [-0.4, -0.2) is 45.4 Å². The highest BCUT2D eigenvalue weighted by molar-refractivity contribution is 5.98. The number of ether oxygens (including phenoxy) is 6. The highest BCUT2D eigenvalue weighted by Crippen LogP contribution is 2.51. The van der Waals surface area contributed by atoms with Crippen molar-refractivity contribution in [3.8, 4) is 28.7 Å². The van der Waals surface area contributed by atoms with Crippen molar-refractivity contribution in [1.29, 1.82) is 0 Å². The number of hydrogen-bond donors (Lipinski definition) is 0. The standard InChI is InChI=1S/C24H24O7/c1-24(2)20(25)9-14-15(31-24)7-6-12-22(14)30-19-11-29-16-10-18(27-4)17(26-3)8-13(16)21(19)23(12)28-5/h6-8,10,19H,9,11H2,1-5H3/t19-/m1/s1. The van der Waals surface area contributed by atoms with Crippen LogP contribution in [0.15, 0.2) is 24.3 Å². The molecule has 3 heterocycles. The molecule has 3 aliphatic heterocycles. The lowest BCUT2D eigenvalue weighted by Crippen LogP contribution is -2.43. The number of fused-ring (bicyclic) bond motifs is 6. The predicted molar refractivity (Wildman–Crippen MR) is 113 cm³/mol. The van der Waals surface area contributed by atoms with Gasteiger partial charge in [0.1, 0.15) is 29.6 Å². The van der Waals surface area contributed by atoms with Gasteiger partial charge in [0, 0.05) is 29.2 Å². The topological polar surface area (TPSA) is 72.5 Å². The van der Waals surface area contributed by atoms with Crippen LogP contribution in [0.3, 0.4) is 0 Å². The second kappa shape index (κ2) is 6.83. The van der Waals surface area contributed by atoms with E-state index in [1.165, 1.54) is 0 Å². The van der Waals surface area contributed by atoms with Crippen molar-refractivity contribution in [1.82, 2.24) is 0 Å². The summed E-state index contributed by atoms with van der Waals surface area (Å²) < 4.78 is 35.1. The third-order valence-electron chi connectivity index (χ3n) is 6.03. The fourth-order valence-electron chi connectivity index (χ4n) is 4.37. The van der Waals surface area contributed by atoms with E-state index in [-0.39, 0.29) is 12.2 Å². The molecule has 31 heavy (non-hydrogen) atoms. The van der Waals surface area contributed by atoms with Crippen LogP contribution in [0.5, 0.6) is 28.7 Å². The Morgan fingerprint density at radius 3 is 2.42 bits per heavy atom. The third-order valence-corrected chi connectivity index (χ3v) is 6.03. The Kier molecular flexibility index (Phi) is 4.32. The van der Waals surface area contributed by atoms with Gasteiger partial charge in [-0.15, -0.1) is 0 Å². The van der Waals surface area contributed by atoms with Crippen LogP contribution in [0.1, 0.15) is 30.5 Å². The summed E-state index contributed by atoms with van der Waals surface area (Å²) in [6, 6.07) is 7.47. The maximum absolute atomic E-state index is 12.6. The molecular formula is C24H24O7. The van der Waals surface area contributed by atoms with E-state index in [0.29, 0.717) is 41.1 Å². The first-order chi connectivity index (χ1) is 14.9. The summed E-state index contributed by atoms with van der Waals surface area (Å²) in [6.45, 7) is 3.86. The first-order valence-electron chi connectivity index (χ1n) is 10.1. The van der Waals surface area contributed by atoms with Gasteiger partial charge in [0.2, 0.25) is 0 Å². The van der Waals surface area contributed by atoms with E-state index < -0.39 is 11.7 Å². The molecule has 0 unspecified atom stereocenters. The molecule has 0 spiro atoms. The fourth-order valence-corrected chi connectivity index (χ4v) is 4.37. The molecular weight excluding hydrogens is 400 g/mol. The quantitative estimate of drug-likeness (QED) is 0.745. The second-order valence-corrected chi connectivity index (χ2v) is 8.20. The van der Waals surface area contributed by atoms with Crippen molar-refractivity contribution in [2.24, 2.45) is 0 Å². The normalized spacial score (nSPS) is 20.2. The predicted octanol–water partition coefficient (Wildman–Crippen LogP) is 3.65. The lowest BCUT2D eigenvalue weighted by Gasteiger charge is -2.38. The SMILES string of the molecule is COC1=C2c3cc(OC)c(OC)cc3OC[C@H]2Oc2c1ccc1c2CC(=O)C(C)(C)O1. The molecule has 0 radical (unpaired) electrons. The summed E-state index contributed by atoms with van der Waals surface area (Å²) in [5.41, 5.74) is 2.37. The zero-order chi connectivity index (χ0) is 21.9. The van der Waals surface area contributed by atoms with Crippen molar-refractivity contribution in [3.63, 3.8) is 0 Å². The molecule has 0 N–H and O–H groups in total. The lowest BCUT2D eigenvalue weighted by molar-refractivity contribution is -0.132. The number of methoxy groups -OCH3 is 3. The first kappa shape index (κ1) is 19.6. The Hall–Kier alpha value is -3.35. The van der Waals surface area contributed by atoms with E-state index in [9.17, 15) is 4.79 Å². The summed E-state index contributed by atoms with van der Waals surface area (Å²) in [7, 11) is 4.81. The van der Waals surface area contributed by atoms with Crippen molar-refractivity contribution in [2.75, 3.05) is 27.9 Å². The molecule has 2 aromatic rings. The minimum atomic E-state index is -0.858. The smallest absolute Gasteiger partial charge is 0.180 e. The summed E-state index contributed by atoms with van der Waals surface area (Å²) in [4.78, 5) is 12.6. The van der Waals surface area contributed by atoms with E-state index in [4.69, 9.17) is 28.4 Å². The Morgan fingerprint density at radius 2 is 1.71 bits per heavy atom. The van der Waals surface area contributed by atoms with Crippen molar-refractivity contribution in [2.45, 2.75) is 32.0 Å². The Morgan fingerprint density at radius 1 is 0.968 bits per heavy atom. The van der Waals surface area contributed by atoms with Gasteiger partial charge in [-0.1, -0.05) is 0 Å². The van der Waals surface area contributed by atoms with E-state index in [2.05, 4.69) is 0 Å². The van der Waals surface area contributed by atoms with Crippen LogP contribution >= 0.6 is 0 Å². The molecule has 0 saturated heterocycles. The number of carbonyl (C=O) groups excluding carboxylic acids is 1. The molecule has 7 heteroatoms. The highest BCUT2D eigenvalue weighted by atomic mass is 16.5. The molecule has 0 bridgehead atoms. The molecule has 7 nitrogen and oxygen atoms in total. The minimum Gasteiger partial charge on any atom is -0.496 e. The average molecular weight is 424 g/mol. The van der Waals surface area contributed by atoms with Crippen LogP contribution in [-0.2, 0) is 16.0 Å². The Bertz CT molecular complexity index is 1130. The first-order valence-corrected chi connectivity index (χ1v) is 10.1. The van der Waals surface area contributed by atoms with Gasteiger partial charge < -0.3 is 28.4 Å². The van der Waals surface area contributed by atoms with Gasteiger partial charge in [0.15, 0.2) is 29.0 Å². The van der Waals surface area contributed by atoms with Gasteiger partial charge in [0.05, 0.1) is 26.9 Å². The Labute approximate surface area is 180 Å². The molecule has 0 aliphatic carbocycles. The molecule has 162 valence electrons. The van der Waals surface area contributed by atoms with Crippen molar-refractivity contribution in [3.05, 3.63) is 41.0 Å². The molecule has 5 rings (SSSR count). The maximum Gasteiger partial charge on any atom is 0.180 e. The average Bonchev–Trinajstić information content (AvgIpc) is 2.77. The largest absolute Gasteiger partial charge is 0.496 e. The lowest BCUT2D eigenvalue weighted by atomic mass is 9.87. The molecule has 0 aromatic heterocycles. The molecule has 0 saturated carbocycles. The van der Waals surface area contributed by atoms with Crippen molar-refractivity contribution < 1.29 is 33.2 Å². The molecule has 3 aliphatic rings. The van der Waals surface area contributed by atoms with Crippen LogP contribution in [0.2, 0.25) is 0 Å². The number of ketones is 1. The second-order valence-electron chi connectivity index (χ2n) is 8.20. The third kappa shape index (κ3) is 2.83. The molecule has 2 aromatic carbocycles. The maximum atomic E-state index is 12.6. The molecule has 0 fully saturated rings. The number of benzene rings is 2. The molecule has 0 amide bonds. The van der Waals surface area contributed by atoms with Crippen LogP contribution < -0.4 is 23.7 Å². The van der Waals surface area contributed by atoms with E-state index in [1.54, 1.807) is 35.2 Å². The molecule has 1 atom stereocenters. The highest BCUT2D eigenvalue weighted by Gasteiger charge is 2.42. The summed E-state index contributed by atoms with van der Waals surface area (Å²) in [6.07, 6.45) is -0.155. The zero-order valence-corrected chi connectivity index (χ0v) is 18.2. The van der Waals surface area contributed by atoms with E-state index >= 15 is 0 Å². The Balaban J connectivity index is 1.71. The monoisotopic (exact) mass is 424 g/mol. The van der Waals surface area contributed by atoms with Crippen LogP contribution in [0.25, 0.3) is 11.3 Å². The van der Waals surface area contributed by atoms with Crippen molar-refractivity contribution >= 4 is 17.1 Å². The van der Waals surface area contributed by atoms with E-state index in [1.807, 2.05) is 24.3 Å². The number of carbonyl (C=O) groups is 1. The number of hydrogen-bond acceptors (Lipinski definition) is 7. The number of rotatable bonds is 3. The van der Waals surface area contributed by atoms with Gasteiger partial charge in [-0.25, -0.2) is 0 Å². The van der Waals surface area contributed by atoms with Gasteiger partial charge in [0.25, 0.3) is 0 Å². The number of Topliss-reactive ketones (excluding diaryl/α,β-unsaturated/α-hetero) is 1. The summed E-state index contributed by atoms with van der Waals surface area (Å²) in [5, 5.41) is 0. The van der Waals surface area contributed by atoms with Gasteiger partial charge in [-0.2, -0.15) is 0 Å². The summed E-state index contributed by atoms with van der Waals surface area (Å²) >= 11 is 0. The van der Waals surface area contributed by atoms with Crippen LogP contribution in [0.4, 0.5) is 0 Å². The van der Waals surface area contributed by atoms with E-state index in [0.717, 1.165) is 22.3 Å². The van der Waals surface area contributed by atoms with Gasteiger partial charge in [-0.05, 0) is 32.0 Å². The van der Waals surface area contributed by atoms with Crippen LogP contribution in [0, 0.1) is 0 Å². The minimum absolute atomic E-state index is 0.00724.